The highest BCUT2D eigenvalue weighted by molar-refractivity contribution is 4.73. The molecule has 2 atom stereocenters. The molecule has 0 N–H and O–H groups in total. The normalized spacial score (nSPS) is 32.8. The van der Waals surface area contributed by atoms with E-state index in [1.54, 1.807) is 19.3 Å². The molecule has 0 aromatic heterocycles. The van der Waals surface area contributed by atoms with Crippen LogP contribution in [-0.2, 0) is 0 Å². The van der Waals surface area contributed by atoms with E-state index in [1.807, 2.05) is 0 Å². The Morgan fingerprint density at radius 3 is 2.19 bits per heavy atom. The largest absolute Gasteiger partial charge is 0.0622 e. The van der Waals surface area contributed by atoms with E-state index in [9.17, 15) is 0 Å². The molecule has 0 saturated heterocycles. The van der Waals surface area contributed by atoms with Crippen molar-refractivity contribution in [2.24, 2.45) is 17.8 Å². The van der Waals surface area contributed by atoms with Crippen LogP contribution in [0.3, 0.4) is 0 Å². The molecule has 0 heterocycles. The van der Waals surface area contributed by atoms with Crippen LogP contribution in [0, 0.1) is 17.8 Å². The third-order valence-corrected chi connectivity index (χ3v) is 5.20. The zero-order valence-corrected chi connectivity index (χ0v) is 11.2. The predicted molar refractivity (Wildman–Crippen MR) is 71.5 cm³/mol. The Balaban J connectivity index is 1.59. The van der Waals surface area contributed by atoms with Crippen LogP contribution in [0.2, 0.25) is 0 Å². The topological polar surface area (TPSA) is 0 Å². The highest BCUT2D eigenvalue weighted by Gasteiger charge is 2.21. The van der Waals surface area contributed by atoms with Gasteiger partial charge in [0.2, 0.25) is 0 Å². The van der Waals surface area contributed by atoms with Crippen LogP contribution in [0.5, 0.6) is 0 Å². The molecule has 0 aliphatic heterocycles. The Hall–Kier alpha value is 0. The molecule has 2 aliphatic carbocycles. The minimum atomic E-state index is 1.03. The lowest BCUT2D eigenvalue weighted by molar-refractivity contribution is 0.226. The molecule has 0 amide bonds. The van der Waals surface area contributed by atoms with Gasteiger partial charge in [0.15, 0.2) is 0 Å². The summed E-state index contributed by atoms with van der Waals surface area (Å²) in [5.74, 6) is 3.21. The van der Waals surface area contributed by atoms with Gasteiger partial charge in [0, 0.05) is 0 Å². The molecule has 2 rings (SSSR count). The maximum atomic E-state index is 2.49. The molecule has 0 aromatic carbocycles. The first-order valence-corrected chi connectivity index (χ1v) is 7.86. The van der Waals surface area contributed by atoms with Gasteiger partial charge in [-0.05, 0) is 17.8 Å². The zero-order valence-electron chi connectivity index (χ0n) is 11.2. The monoisotopic (exact) mass is 222 g/mol. The molecule has 2 saturated carbocycles. The van der Waals surface area contributed by atoms with Crippen LogP contribution in [0.1, 0.15) is 84.0 Å². The summed E-state index contributed by atoms with van der Waals surface area (Å²) in [5, 5.41) is 0. The summed E-state index contributed by atoms with van der Waals surface area (Å²) in [6, 6.07) is 0. The lowest BCUT2D eigenvalue weighted by atomic mass is 9.77. The second-order valence-corrected chi connectivity index (χ2v) is 6.46. The van der Waals surface area contributed by atoms with Gasteiger partial charge in [-0.1, -0.05) is 84.0 Å². The van der Waals surface area contributed by atoms with Gasteiger partial charge in [0.05, 0.1) is 0 Å². The Bertz CT molecular complexity index is 178. The number of hydrogen-bond donors (Lipinski definition) is 0. The highest BCUT2D eigenvalue weighted by atomic mass is 14.3. The van der Waals surface area contributed by atoms with Crippen molar-refractivity contribution in [1.82, 2.24) is 0 Å². The van der Waals surface area contributed by atoms with Crippen LogP contribution >= 0.6 is 0 Å². The summed E-state index contributed by atoms with van der Waals surface area (Å²) in [6.07, 6.45) is 18.3. The minimum Gasteiger partial charge on any atom is -0.0622 e. The van der Waals surface area contributed by atoms with Gasteiger partial charge in [-0.15, -0.1) is 0 Å². The fourth-order valence-corrected chi connectivity index (χ4v) is 3.97. The maximum absolute atomic E-state index is 2.49. The van der Waals surface area contributed by atoms with Gasteiger partial charge in [-0.2, -0.15) is 0 Å². The highest BCUT2D eigenvalue weighted by Crippen LogP contribution is 2.34. The Morgan fingerprint density at radius 1 is 0.750 bits per heavy atom. The summed E-state index contributed by atoms with van der Waals surface area (Å²) in [6.45, 7) is 2.49. The standard InChI is InChI=1S/C16H30/c1-14-8-5-6-12-16(14)13-7-11-15-9-3-2-4-10-15/h14-16H,2-13H2,1H3. The molecule has 2 unspecified atom stereocenters. The van der Waals surface area contributed by atoms with E-state index in [0.29, 0.717) is 0 Å². The van der Waals surface area contributed by atoms with Gasteiger partial charge >= 0.3 is 0 Å². The second kappa shape index (κ2) is 6.67. The van der Waals surface area contributed by atoms with Crippen molar-refractivity contribution in [1.29, 1.82) is 0 Å². The van der Waals surface area contributed by atoms with Gasteiger partial charge in [0.25, 0.3) is 0 Å². The van der Waals surface area contributed by atoms with Crippen LogP contribution < -0.4 is 0 Å². The van der Waals surface area contributed by atoms with Gasteiger partial charge in [-0.25, -0.2) is 0 Å². The summed E-state index contributed by atoms with van der Waals surface area (Å²) >= 11 is 0. The Morgan fingerprint density at radius 2 is 1.44 bits per heavy atom. The van der Waals surface area contributed by atoms with E-state index < -0.39 is 0 Å². The molecule has 2 fully saturated rings. The first-order chi connectivity index (χ1) is 7.86. The van der Waals surface area contributed by atoms with Gasteiger partial charge in [-0.3, -0.25) is 0 Å². The molecule has 0 aromatic rings. The van der Waals surface area contributed by atoms with Crippen molar-refractivity contribution in [3.05, 3.63) is 0 Å². The minimum absolute atomic E-state index is 1.03. The van der Waals surface area contributed by atoms with Crippen molar-refractivity contribution in [3.8, 4) is 0 Å². The summed E-state index contributed by atoms with van der Waals surface area (Å²) < 4.78 is 0. The third-order valence-electron chi connectivity index (χ3n) is 5.20. The smallest absolute Gasteiger partial charge is 0.0388 e. The quantitative estimate of drug-likeness (QED) is 0.584. The fourth-order valence-electron chi connectivity index (χ4n) is 3.97. The van der Waals surface area contributed by atoms with Crippen molar-refractivity contribution >= 4 is 0 Å². The average molecular weight is 222 g/mol. The Labute approximate surface area is 102 Å². The van der Waals surface area contributed by atoms with Crippen LogP contribution in [0.4, 0.5) is 0 Å². The van der Waals surface area contributed by atoms with E-state index in [1.165, 1.54) is 57.8 Å². The van der Waals surface area contributed by atoms with E-state index in [0.717, 1.165) is 17.8 Å². The van der Waals surface area contributed by atoms with Gasteiger partial charge in [0.1, 0.15) is 0 Å². The van der Waals surface area contributed by atoms with Crippen molar-refractivity contribution < 1.29 is 0 Å². The predicted octanol–water partition coefficient (Wildman–Crippen LogP) is 5.56. The molecule has 0 nitrogen and oxygen atoms in total. The molecule has 2 aliphatic rings. The summed E-state index contributed by atoms with van der Waals surface area (Å²) in [7, 11) is 0. The van der Waals surface area contributed by atoms with Crippen LogP contribution in [0.15, 0.2) is 0 Å². The van der Waals surface area contributed by atoms with Crippen LogP contribution in [-0.4, -0.2) is 0 Å². The van der Waals surface area contributed by atoms with E-state index in [-0.39, 0.29) is 0 Å². The van der Waals surface area contributed by atoms with Crippen molar-refractivity contribution in [2.75, 3.05) is 0 Å². The molecule has 0 heteroatoms. The Kier molecular flexibility index (Phi) is 5.19. The summed E-state index contributed by atoms with van der Waals surface area (Å²) in [4.78, 5) is 0. The molecule has 0 radical (unpaired) electrons. The molecule has 16 heavy (non-hydrogen) atoms. The molecule has 94 valence electrons. The lowest BCUT2D eigenvalue weighted by Crippen LogP contribution is -2.17. The van der Waals surface area contributed by atoms with Gasteiger partial charge < -0.3 is 0 Å². The summed E-state index contributed by atoms with van der Waals surface area (Å²) in [5.41, 5.74) is 0. The van der Waals surface area contributed by atoms with E-state index >= 15 is 0 Å². The average Bonchev–Trinajstić information content (AvgIpc) is 2.33. The van der Waals surface area contributed by atoms with E-state index in [4.69, 9.17) is 0 Å². The van der Waals surface area contributed by atoms with Crippen molar-refractivity contribution in [2.45, 2.75) is 84.0 Å². The fraction of sp³-hybridized carbons (Fsp3) is 1.00. The zero-order chi connectivity index (χ0) is 11.2. The third kappa shape index (κ3) is 3.79. The number of rotatable bonds is 4. The molecule has 0 bridgehead atoms. The van der Waals surface area contributed by atoms with E-state index in [2.05, 4.69) is 6.92 Å². The first kappa shape index (κ1) is 12.5. The molecular weight excluding hydrogens is 192 g/mol. The maximum Gasteiger partial charge on any atom is -0.0388 e. The first-order valence-electron chi connectivity index (χ1n) is 7.86. The van der Waals surface area contributed by atoms with Crippen molar-refractivity contribution in [3.63, 3.8) is 0 Å². The SMILES string of the molecule is CC1CCCCC1CCCC1CCCCC1. The van der Waals surface area contributed by atoms with Crippen LogP contribution in [0.25, 0.3) is 0 Å². The molecular formula is C16H30. The second-order valence-electron chi connectivity index (χ2n) is 6.46. The molecule has 0 spiro atoms. The number of hydrogen-bond acceptors (Lipinski definition) is 0. The lowest BCUT2D eigenvalue weighted by Gasteiger charge is -2.29.